The minimum atomic E-state index is -0.227. The van der Waals surface area contributed by atoms with Gasteiger partial charge in [0.25, 0.3) is 0 Å². The topological polar surface area (TPSA) is 75.8 Å². The van der Waals surface area contributed by atoms with Gasteiger partial charge < -0.3 is 20.5 Å². The number of ether oxygens (including phenoxy) is 1. The third-order valence-corrected chi connectivity index (χ3v) is 2.10. The molecule has 0 radical (unpaired) electrons. The van der Waals surface area contributed by atoms with Gasteiger partial charge in [-0.2, -0.15) is 0 Å². The van der Waals surface area contributed by atoms with Crippen molar-refractivity contribution in [3.8, 4) is 0 Å². The highest BCUT2D eigenvalue weighted by atomic mass is 16.5. The molecule has 0 aromatic carbocycles. The Bertz CT molecular complexity index is 160. The van der Waals surface area contributed by atoms with Gasteiger partial charge in [-0.25, -0.2) is 0 Å². The summed E-state index contributed by atoms with van der Waals surface area (Å²) in [5.41, 5.74) is 5.40. The summed E-state index contributed by atoms with van der Waals surface area (Å²) in [6.07, 6.45) is 0.0520. The second-order valence-corrected chi connectivity index (χ2v) is 2.99. The van der Waals surface area contributed by atoms with Crippen LogP contribution in [0.15, 0.2) is 0 Å². The molecule has 84 valence electrons. The van der Waals surface area contributed by atoms with E-state index in [1.807, 2.05) is 6.92 Å². The van der Waals surface area contributed by atoms with Crippen molar-refractivity contribution in [3.63, 3.8) is 0 Å². The lowest BCUT2D eigenvalue weighted by Crippen LogP contribution is -2.37. The van der Waals surface area contributed by atoms with E-state index in [-0.39, 0.29) is 25.0 Å². The lowest BCUT2D eigenvalue weighted by atomic mass is 10.2. The minimum Gasteiger partial charge on any atom is -0.395 e. The van der Waals surface area contributed by atoms with Crippen LogP contribution in [0.3, 0.4) is 0 Å². The molecule has 0 saturated heterocycles. The monoisotopic (exact) mass is 204 g/mol. The quantitative estimate of drug-likeness (QED) is 0.569. The summed E-state index contributed by atoms with van der Waals surface area (Å²) >= 11 is 0. The highest BCUT2D eigenvalue weighted by Crippen LogP contribution is 2.00. The van der Waals surface area contributed by atoms with Crippen LogP contribution in [0.4, 0.5) is 0 Å². The van der Waals surface area contributed by atoms with Gasteiger partial charge in [0.15, 0.2) is 0 Å². The van der Waals surface area contributed by atoms with Gasteiger partial charge in [0.05, 0.1) is 19.1 Å². The third-order valence-electron chi connectivity index (χ3n) is 2.10. The minimum absolute atomic E-state index is 0.0140. The largest absolute Gasteiger partial charge is 0.395 e. The lowest BCUT2D eigenvalue weighted by Gasteiger charge is -2.22. The number of aliphatic hydroxyl groups is 1. The fraction of sp³-hybridized carbons (Fsp3) is 0.889. The number of nitrogens with two attached hydrogens (primary N) is 1. The van der Waals surface area contributed by atoms with E-state index in [1.165, 1.54) is 7.11 Å². The molecule has 0 bridgehead atoms. The number of aliphatic hydroxyl groups excluding tert-OH is 1. The number of carbonyl (C=O) groups is 1. The van der Waals surface area contributed by atoms with Crippen LogP contribution < -0.4 is 5.73 Å². The summed E-state index contributed by atoms with van der Waals surface area (Å²) in [6.45, 7) is 3.16. The number of methoxy groups -OCH3 is 1. The zero-order valence-corrected chi connectivity index (χ0v) is 8.90. The number of carbonyl (C=O) groups excluding carboxylic acids is 1. The molecule has 5 heteroatoms. The molecule has 0 aromatic heterocycles. The molecule has 1 amide bonds. The van der Waals surface area contributed by atoms with Gasteiger partial charge in [-0.3, -0.25) is 4.79 Å². The molecule has 14 heavy (non-hydrogen) atoms. The first-order chi connectivity index (χ1) is 6.69. The molecule has 1 unspecified atom stereocenters. The predicted molar refractivity (Wildman–Crippen MR) is 53.8 cm³/mol. The van der Waals surface area contributed by atoms with Gasteiger partial charge >= 0.3 is 0 Å². The van der Waals surface area contributed by atoms with Crippen molar-refractivity contribution in [2.45, 2.75) is 19.4 Å². The molecule has 0 aliphatic rings. The molecule has 0 spiro atoms. The summed E-state index contributed by atoms with van der Waals surface area (Å²) in [7, 11) is 1.53. The number of hydrogen-bond donors (Lipinski definition) is 2. The molecule has 0 aliphatic carbocycles. The second-order valence-electron chi connectivity index (χ2n) is 2.99. The second kappa shape index (κ2) is 7.73. The highest BCUT2D eigenvalue weighted by Gasteiger charge is 2.16. The van der Waals surface area contributed by atoms with Crippen molar-refractivity contribution in [3.05, 3.63) is 0 Å². The van der Waals surface area contributed by atoms with Gasteiger partial charge in [0, 0.05) is 26.7 Å². The molecule has 1 atom stereocenters. The van der Waals surface area contributed by atoms with Crippen LogP contribution >= 0.6 is 0 Å². The molecule has 0 rings (SSSR count). The van der Waals surface area contributed by atoms with E-state index in [4.69, 9.17) is 15.6 Å². The standard InChI is InChI=1S/C9H20N2O3/c1-3-11(4-5-12)9(13)6-8(7-10)14-2/h8,12H,3-7,10H2,1-2H3. The Hall–Kier alpha value is -0.650. The maximum Gasteiger partial charge on any atom is 0.225 e. The Morgan fingerprint density at radius 1 is 1.64 bits per heavy atom. The Morgan fingerprint density at radius 2 is 2.29 bits per heavy atom. The number of amides is 1. The van der Waals surface area contributed by atoms with Crippen molar-refractivity contribution >= 4 is 5.91 Å². The van der Waals surface area contributed by atoms with Crippen LogP contribution in [-0.2, 0) is 9.53 Å². The normalized spacial score (nSPS) is 12.6. The fourth-order valence-corrected chi connectivity index (χ4v) is 1.17. The number of nitrogens with zero attached hydrogens (tertiary/aromatic N) is 1. The first kappa shape index (κ1) is 13.4. The fourth-order valence-electron chi connectivity index (χ4n) is 1.17. The Kier molecular flexibility index (Phi) is 7.37. The van der Waals surface area contributed by atoms with E-state index in [9.17, 15) is 4.79 Å². The van der Waals surface area contributed by atoms with Crippen LogP contribution in [-0.4, -0.2) is 55.4 Å². The van der Waals surface area contributed by atoms with E-state index in [1.54, 1.807) is 4.90 Å². The van der Waals surface area contributed by atoms with E-state index in [0.717, 1.165) is 0 Å². The lowest BCUT2D eigenvalue weighted by molar-refractivity contribution is -0.133. The van der Waals surface area contributed by atoms with Gasteiger partial charge in [-0.15, -0.1) is 0 Å². The van der Waals surface area contributed by atoms with Crippen LogP contribution in [0.1, 0.15) is 13.3 Å². The number of rotatable bonds is 7. The third kappa shape index (κ3) is 4.55. The average Bonchev–Trinajstić information content (AvgIpc) is 2.22. The first-order valence-electron chi connectivity index (χ1n) is 4.81. The maximum absolute atomic E-state index is 11.6. The first-order valence-corrected chi connectivity index (χ1v) is 4.81. The van der Waals surface area contributed by atoms with Gasteiger partial charge in [-0.1, -0.05) is 0 Å². The molecular formula is C9H20N2O3. The van der Waals surface area contributed by atoms with Crippen LogP contribution in [0.2, 0.25) is 0 Å². The molecule has 0 heterocycles. The molecule has 0 aromatic rings. The molecule has 5 nitrogen and oxygen atoms in total. The predicted octanol–water partition coefficient (Wildman–Crippen LogP) is -0.809. The summed E-state index contributed by atoms with van der Waals surface area (Å²) in [5, 5.41) is 8.72. The van der Waals surface area contributed by atoms with Gasteiger partial charge in [0.2, 0.25) is 5.91 Å². The Morgan fingerprint density at radius 3 is 2.64 bits per heavy atom. The van der Waals surface area contributed by atoms with E-state index < -0.39 is 0 Å². The van der Waals surface area contributed by atoms with E-state index in [2.05, 4.69) is 0 Å². The summed E-state index contributed by atoms with van der Waals surface area (Å²) < 4.78 is 5.01. The van der Waals surface area contributed by atoms with Crippen LogP contribution in [0, 0.1) is 0 Å². The average molecular weight is 204 g/mol. The maximum atomic E-state index is 11.6. The van der Waals surface area contributed by atoms with Crippen molar-refractivity contribution < 1.29 is 14.6 Å². The van der Waals surface area contributed by atoms with Gasteiger partial charge in [-0.05, 0) is 6.92 Å². The summed E-state index contributed by atoms with van der Waals surface area (Å²) in [4.78, 5) is 13.2. The van der Waals surface area contributed by atoms with Gasteiger partial charge in [0.1, 0.15) is 0 Å². The number of likely N-dealkylation sites (N-methyl/N-ethyl adjacent to an activating group) is 1. The smallest absolute Gasteiger partial charge is 0.225 e. The van der Waals surface area contributed by atoms with E-state index >= 15 is 0 Å². The Labute approximate surface area is 84.8 Å². The van der Waals surface area contributed by atoms with Crippen molar-refractivity contribution in [2.75, 3.05) is 33.4 Å². The molecule has 0 fully saturated rings. The van der Waals surface area contributed by atoms with E-state index in [0.29, 0.717) is 19.6 Å². The SMILES string of the molecule is CCN(CCO)C(=O)CC(CN)OC. The molecule has 3 N–H and O–H groups in total. The number of hydrogen-bond acceptors (Lipinski definition) is 4. The zero-order valence-electron chi connectivity index (χ0n) is 8.90. The van der Waals surface area contributed by atoms with Crippen LogP contribution in [0.5, 0.6) is 0 Å². The van der Waals surface area contributed by atoms with Crippen molar-refractivity contribution in [1.29, 1.82) is 0 Å². The zero-order chi connectivity index (χ0) is 11.0. The van der Waals surface area contributed by atoms with Crippen LogP contribution in [0.25, 0.3) is 0 Å². The summed E-state index contributed by atoms with van der Waals surface area (Å²) in [6, 6.07) is 0. The highest BCUT2D eigenvalue weighted by molar-refractivity contribution is 5.76. The molecule has 0 aliphatic heterocycles. The molecular weight excluding hydrogens is 184 g/mol. The van der Waals surface area contributed by atoms with Crippen molar-refractivity contribution in [1.82, 2.24) is 4.90 Å². The van der Waals surface area contributed by atoms with Crippen molar-refractivity contribution in [2.24, 2.45) is 5.73 Å². The molecule has 0 saturated carbocycles. The Balaban J connectivity index is 4.01. The summed E-state index contributed by atoms with van der Waals surface area (Å²) in [5.74, 6) is -0.0288.